The number of rotatable bonds is 93. The lowest BCUT2D eigenvalue weighted by molar-refractivity contribution is -0.161. The van der Waals surface area contributed by atoms with E-state index in [9.17, 15) is 43.2 Å². The molecule has 0 aromatic heterocycles. The maximum Gasteiger partial charge on any atom is 0.472 e. The first-order chi connectivity index (χ1) is 54.2. The largest absolute Gasteiger partial charge is 0.472 e. The molecule has 660 valence electrons. The van der Waals surface area contributed by atoms with Crippen LogP contribution in [0.15, 0.2) is 0 Å². The normalized spacial score (nSPS) is 13.6. The number of carbonyl (C=O) groups is 4. The molecule has 17 nitrogen and oxygen atoms in total. The van der Waals surface area contributed by atoms with Gasteiger partial charge in [0.2, 0.25) is 0 Å². The molecular weight excluding hydrogens is 1440 g/mol. The molecule has 5 atom stereocenters. The Hall–Kier alpha value is -1.94. The summed E-state index contributed by atoms with van der Waals surface area (Å²) in [5.74, 6) is -2.09. The van der Waals surface area contributed by atoms with E-state index >= 15 is 0 Å². The van der Waals surface area contributed by atoms with Crippen LogP contribution in [-0.2, 0) is 65.4 Å². The van der Waals surface area contributed by atoms with Gasteiger partial charge in [0, 0.05) is 25.7 Å². The highest BCUT2D eigenvalue weighted by molar-refractivity contribution is 7.47. The number of esters is 4. The summed E-state index contributed by atoms with van der Waals surface area (Å²) >= 11 is 0. The molecule has 0 aromatic carbocycles. The van der Waals surface area contributed by atoms with Crippen molar-refractivity contribution in [2.75, 3.05) is 39.6 Å². The minimum Gasteiger partial charge on any atom is -0.462 e. The molecule has 0 saturated heterocycles. The summed E-state index contributed by atoms with van der Waals surface area (Å²) in [6.45, 7) is 5.10. The van der Waals surface area contributed by atoms with Gasteiger partial charge < -0.3 is 33.8 Å². The van der Waals surface area contributed by atoms with Gasteiger partial charge >= 0.3 is 39.5 Å². The van der Waals surface area contributed by atoms with Gasteiger partial charge in [-0.15, -0.1) is 0 Å². The zero-order chi connectivity index (χ0) is 81.0. The second-order valence-corrected chi connectivity index (χ2v) is 36.0. The molecule has 0 aromatic rings. The van der Waals surface area contributed by atoms with Crippen LogP contribution in [0.3, 0.4) is 0 Å². The van der Waals surface area contributed by atoms with Crippen LogP contribution >= 0.6 is 15.6 Å². The Labute approximate surface area is 683 Å². The van der Waals surface area contributed by atoms with Crippen molar-refractivity contribution < 1.29 is 80.2 Å². The van der Waals surface area contributed by atoms with Crippen LogP contribution in [0.5, 0.6) is 0 Å². The van der Waals surface area contributed by atoms with E-state index in [0.717, 1.165) is 89.9 Å². The smallest absolute Gasteiger partial charge is 0.462 e. The monoisotopic (exact) mass is 1620 g/mol. The molecule has 0 amide bonds. The molecule has 19 heteroatoms. The number of unbranched alkanes of at least 4 members (excludes halogenated alkanes) is 67. The predicted octanol–water partition coefficient (Wildman–Crippen LogP) is 28.9. The van der Waals surface area contributed by atoms with Crippen molar-refractivity contribution in [3.05, 3.63) is 0 Å². The average Bonchev–Trinajstić information content (AvgIpc) is 0.896. The molecule has 0 bridgehead atoms. The van der Waals surface area contributed by atoms with Crippen molar-refractivity contribution >= 4 is 39.5 Å². The Balaban J connectivity index is 5.24. The van der Waals surface area contributed by atoms with Crippen molar-refractivity contribution in [1.82, 2.24) is 0 Å². The van der Waals surface area contributed by atoms with E-state index in [1.165, 1.54) is 340 Å². The SMILES string of the molecule is CCCCCCCCCCCCCCCCCCCCCCCC(=O)O[C@H](COC(=O)CCCCCCCCCCCCCCCCCCCCC)COP(=O)(O)OC[C@@H](O)COP(=O)(O)OC[C@@H](COC(=O)CCCCCCCCCCCCCC)OC(=O)CCCCCCCCCCCCCCCCCCCCC. The number of aliphatic hydroxyl groups is 1. The van der Waals surface area contributed by atoms with Gasteiger partial charge in [-0.05, 0) is 25.7 Å². The first kappa shape index (κ1) is 109. The minimum absolute atomic E-state index is 0.110. The second kappa shape index (κ2) is 85.9. The third-order valence-electron chi connectivity index (χ3n) is 21.9. The van der Waals surface area contributed by atoms with Crippen LogP contribution in [0.4, 0.5) is 0 Å². The van der Waals surface area contributed by atoms with Crippen molar-refractivity contribution in [3.8, 4) is 0 Å². The number of ether oxygens (including phenoxy) is 4. The fraction of sp³-hybridized carbons (Fsp3) is 0.957. The van der Waals surface area contributed by atoms with E-state index in [-0.39, 0.29) is 25.7 Å². The number of hydrogen-bond donors (Lipinski definition) is 3. The molecule has 0 aliphatic rings. The lowest BCUT2D eigenvalue weighted by atomic mass is 10.0. The molecule has 0 spiro atoms. The molecule has 0 rings (SSSR count). The standard InChI is InChI=1S/C92H180O17P2/c1-5-9-13-17-21-25-29-33-36-39-42-43-46-49-52-55-59-63-67-71-75-79-92(97)109-88(83-103-90(95)77-73-69-65-61-57-53-50-47-44-40-37-34-30-26-22-18-14-10-6-2)85-107-111(100,101)105-81-86(93)80-104-110(98,99)106-84-87(82-102-89(94)76-72-68-64-60-56-32-28-24-20-16-12-8-4)108-91(96)78-74-70-66-62-58-54-51-48-45-41-38-35-31-27-23-19-15-11-7-3/h86-88,93H,5-85H2,1-4H3,(H,98,99)(H,100,101)/t86-,87+,88+/m0/s1. The highest BCUT2D eigenvalue weighted by atomic mass is 31.2. The lowest BCUT2D eigenvalue weighted by Gasteiger charge is -2.21. The molecule has 0 heterocycles. The first-order valence-corrected chi connectivity index (χ1v) is 50.8. The Morgan fingerprint density at radius 3 is 0.532 bits per heavy atom. The summed E-state index contributed by atoms with van der Waals surface area (Å²) < 4.78 is 69.1. The zero-order valence-corrected chi connectivity index (χ0v) is 74.7. The van der Waals surface area contributed by atoms with Crippen LogP contribution in [0.1, 0.15) is 509 Å². The van der Waals surface area contributed by atoms with Gasteiger partial charge in [-0.1, -0.05) is 458 Å². The highest BCUT2D eigenvalue weighted by Crippen LogP contribution is 2.45. The van der Waals surface area contributed by atoms with Gasteiger partial charge in [-0.25, -0.2) is 9.13 Å². The molecule has 0 saturated carbocycles. The van der Waals surface area contributed by atoms with Crippen LogP contribution < -0.4 is 0 Å². The Bertz CT molecular complexity index is 2090. The first-order valence-electron chi connectivity index (χ1n) is 47.8. The maximum absolute atomic E-state index is 13.2. The van der Waals surface area contributed by atoms with Crippen molar-refractivity contribution in [2.45, 2.75) is 528 Å². The number of carbonyl (C=O) groups excluding carboxylic acids is 4. The van der Waals surface area contributed by atoms with Crippen LogP contribution in [0.2, 0.25) is 0 Å². The third kappa shape index (κ3) is 85.8. The predicted molar refractivity (Wildman–Crippen MR) is 460 cm³/mol. The lowest BCUT2D eigenvalue weighted by Crippen LogP contribution is -2.30. The molecule has 0 fully saturated rings. The van der Waals surface area contributed by atoms with Crippen LogP contribution in [0, 0.1) is 0 Å². The molecule has 0 aliphatic heterocycles. The van der Waals surface area contributed by atoms with E-state index in [2.05, 4.69) is 27.7 Å². The van der Waals surface area contributed by atoms with Gasteiger partial charge in [0.25, 0.3) is 0 Å². The Morgan fingerprint density at radius 1 is 0.216 bits per heavy atom. The van der Waals surface area contributed by atoms with Crippen molar-refractivity contribution in [1.29, 1.82) is 0 Å². The Morgan fingerprint density at radius 2 is 0.360 bits per heavy atom. The van der Waals surface area contributed by atoms with Crippen molar-refractivity contribution in [3.63, 3.8) is 0 Å². The molecule has 111 heavy (non-hydrogen) atoms. The third-order valence-corrected chi connectivity index (χ3v) is 23.8. The van der Waals surface area contributed by atoms with Gasteiger partial charge in [0.05, 0.1) is 26.4 Å². The summed E-state index contributed by atoms with van der Waals surface area (Å²) in [5, 5.41) is 10.7. The molecule has 0 radical (unpaired) electrons. The zero-order valence-electron chi connectivity index (χ0n) is 73.0. The maximum atomic E-state index is 13.2. The van der Waals surface area contributed by atoms with E-state index in [4.69, 9.17) is 37.0 Å². The molecule has 2 unspecified atom stereocenters. The number of aliphatic hydroxyl groups excluding tert-OH is 1. The fourth-order valence-corrected chi connectivity index (χ4v) is 16.2. The van der Waals surface area contributed by atoms with E-state index in [1.54, 1.807) is 0 Å². The van der Waals surface area contributed by atoms with Crippen LogP contribution in [-0.4, -0.2) is 96.7 Å². The average molecular weight is 1620 g/mol. The van der Waals surface area contributed by atoms with Gasteiger partial charge in [0.15, 0.2) is 12.2 Å². The van der Waals surface area contributed by atoms with Gasteiger partial charge in [0.1, 0.15) is 19.3 Å². The van der Waals surface area contributed by atoms with E-state index in [0.29, 0.717) is 25.7 Å². The summed E-state index contributed by atoms with van der Waals surface area (Å²) in [6.07, 6.45) is 83.4. The van der Waals surface area contributed by atoms with Gasteiger partial charge in [-0.2, -0.15) is 0 Å². The summed E-state index contributed by atoms with van der Waals surface area (Å²) in [5.41, 5.74) is 0. The summed E-state index contributed by atoms with van der Waals surface area (Å²) in [7, 11) is -9.94. The number of phosphoric acid groups is 2. The number of phosphoric ester groups is 2. The van der Waals surface area contributed by atoms with E-state index < -0.39 is 97.5 Å². The minimum atomic E-state index is -4.97. The summed E-state index contributed by atoms with van der Waals surface area (Å²) in [6, 6.07) is 0. The fourth-order valence-electron chi connectivity index (χ4n) is 14.6. The number of hydrogen-bond acceptors (Lipinski definition) is 15. The summed E-state index contributed by atoms with van der Waals surface area (Å²) in [4.78, 5) is 73.5. The molecule has 0 aliphatic carbocycles. The molecular formula is C92H180O17P2. The topological polar surface area (TPSA) is 237 Å². The Kier molecular flexibility index (Phi) is 84.4. The quantitative estimate of drug-likeness (QED) is 0.0222. The van der Waals surface area contributed by atoms with Gasteiger partial charge in [-0.3, -0.25) is 37.3 Å². The highest BCUT2D eigenvalue weighted by Gasteiger charge is 2.31. The van der Waals surface area contributed by atoms with Crippen molar-refractivity contribution in [2.24, 2.45) is 0 Å². The van der Waals surface area contributed by atoms with E-state index in [1.807, 2.05) is 0 Å². The second-order valence-electron chi connectivity index (χ2n) is 33.1. The van der Waals surface area contributed by atoms with Crippen LogP contribution in [0.25, 0.3) is 0 Å². The molecule has 3 N–H and O–H groups in total.